The van der Waals surface area contributed by atoms with Crippen LogP contribution in [0, 0.1) is 5.92 Å². The van der Waals surface area contributed by atoms with Crippen molar-refractivity contribution in [3.63, 3.8) is 0 Å². The summed E-state index contributed by atoms with van der Waals surface area (Å²) in [5.74, 6) is 0.593. The van der Waals surface area contributed by atoms with Crippen LogP contribution < -0.4 is 10.9 Å². The van der Waals surface area contributed by atoms with Crippen molar-refractivity contribution in [2.24, 2.45) is 5.92 Å². The van der Waals surface area contributed by atoms with Crippen molar-refractivity contribution in [3.05, 3.63) is 45.7 Å². The van der Waals surface area contributed by atoms with Gasteiger partial charge in [-0.1, -0.05) is 6.07 Å². The van der Waals surface area contributed by atoms with Gasteiger partial charge in [0.1, 0.15) is 0 Å². The maximum atomic E-state index is 13.0. The van der Waals surface area contributed by atoms with E-state index in [2.05, 4.69) is 11.4 Å². The predicted molar refractivity (Wildman–Crippen MR) is 100 cm³/mol. The lowest BCUT2D eigenvalue weighted by molar-refractivity contribution is 0.130. The quantitative estimate of drug-likeness (QED) is 0.898. The Balaban J connectivity index is 1.64. The molecule has 0 saturated carbocycles. The van der Waals surface area contributed by atoms with Gasteiger partial charge in [-0.25, -0.2) is 4.79 Å². The third-order valence-electron chi connectivity index (χ3n) is 5.09. The summed E-state index contributed by atoms with van der Waals surface area (Å²) in [6.07, 6.45) is 1.06. The summed E-state index contributed by atoms with van der Waals surface area (Å²) in [5, 5.41) is 4.98. The zero-order valence-electron chi connectivity index (χ0n) is 14.6. The number of thiophene rings is 1. The van der Waals surface area contributed by atoms with Gasteiger partial charge >= 0.3 is 6.03 Å². The lowest BCUT2D eigenvalue weighted by Crippen LogP contribution is -2.52. The van der Waals surface area contributed by atoms with E-state index >= 15 is 0 Å². The van der Waals surface area contributed by atoms with Crippen LogP contribution in [0.15, 0.2) is 34.4 Å². The Labute approximate surface area is 151 Å². The first-order valence-corrected chi connectivity index (χ1v) is 9.74. The Kier molecular flexibility index (Phi) is 4.15. The molecule has 2 aromatic rings. The van der Waals surface area contributed by atoms with E-state index in [4.69, 9.17) is 0 Å². The van der Waals surface area contributed by atoms with Gasteiger partial charge in [0.25, 0.3) is 5.56 Å². The number of aromatic nitrogens is 1. The van der Waals surface area contributed by atoms with Crippen molar-refractivity contribution >= 4 is 17.4 Å². The standard InChI is InChI=1S/C19H23N3O2S/c1-12(2)20-19(24)21-9-13-8-14(11-21)16-6-5-15(17-4-3-7-25-17)18(23)22(16)10-13/h3-7,12-14H,8-11H2,1-2H3,(H,20,24). The average Bonchev–Trinajstić information content (AvgIpc) is 3.09. The fourth-order valence-electron chi connectivity index (χ4n) is 4.07. The summed E-state index contributed by atoms with van der Waals surface area (Å²) in [4.78, 5) is 28.3. The fraction of sp³-hybridized carbons (Fsp3) is 0.474. The molecule has 2 aliphatic heterocycles. The predicted octanol–water partition coefficient (Wildman–Crippen LogP) is 3.11. The number of likely N-dealkylation sites (tertiary alicyclic amines) is 1. The smallest absolute Gasteiger partial charge is 0.317 e. The minimum absolute atomic E-state index is 0.00991. The van der Waals surface area contributed by atoms with Crippen molar-refractivity contribution in [1.29, 1.82) is 0 Å². The van der Waals surface area contributed by atoms with Gasteiger partial charge < -0.3 is 14.8 Å². The molecule has 2 aliphatic rings. The van der Waals surface area contributed by atoms with Crippen LogP contribution in [0.25, 0.3) is 10.4 Å². The Morgan fingerprint density at radius 1 is 1.24 bits per heavy atom. The topological polar surface area (TPSA) is 54.3 Å². The van der Waals surface area contributed by atoms with Crippen molar-refractivity contribution < 1.29 is 4.79 Å². The van der Waals surface area contributed by atoms with E-state index in [0.29, 0.717) is 19.0 Å². The van der Waals surface area contributed by atoms with Crippen LogP contribution >= 0.6 is 11.3 Å². The number of carbonyl (C=O) groups is 1. The maximum Gasteiger partial charge on any atom is 0.317 e. The molecule has 4 heterocycles. The molecule has 0 aliphatic carbocycles. The van der Waals surface area contributed by atoms with Crippen molar-refractivity contribution in [1.82, 2.24) is 14.8 Å². The zero-order valence-corrected chi connectivity index (χ0v) is 15.4. The van der Waals surface area contributed by atoms with E-state index in [1.807, 2.05) is 46.9 Å². The molecule has 2 atom stereocenters. The molecule has 0 radical (unpaired) electrons. The summed E-state index contributed by atoms with van der Waals surface area (Å²) in [7, 11) is 0. The summed E-state index contributed by atoms with van der Waals surface area (Å²) in [6.45, 7) is 6.07. The normalized spacial score (nSPS) is 22.0. The number of rotatable bonds is 2. The van der Waals surface area contributed by atoms with Crippen LogP contribution in [-0.2, 0) is 6.54 Å². The molecule has 132 valence electrons. The van der Waals surface area contributed by atoms with Crippen molar-refractivity contribution in [3.8, 4) is 10.4 Å². The van der Waals surface area contributed by atoms with Gasteiger partial charge in [-0.2, -0.15) is 0 Å². The molecule has 1 saturated heterocycles. The second kappa shape index (κ2) is 6.33. The molecular weight excluding hydrogens is 334 g/mol. The second-order valence-corrected chi connectivity index (χ2v) is 8.32. The molecule has 4 rings (SSSR count). The Bertz CT molecular complexity index is 841. The van der Waals surface area contributed by atoms with Crippen LogP contribution in [0.4, 0.5) is 4.79 Å². The lowest BCUT2D eigenvalue weighted by Gasteiger charge is -2.43. The lowest BCUT2D eigenvalue weighted by atomic mass is 9.83. The molecule has 0 spiro atoms. The molecule has 2 bridgehead atoms. The number of fused-ring (bicyclic) bond motifs is 4. The molecule has 25 heavy (non-hydrogen) atoms. The minimum Gasteiger partial charge on any atom is -0.336 e. The summed E-state index contributed by atoms with van der Waals surface area (Å²) < 4.78 is 1.95. The Morgan fingerprint density at radius 3 is 2.80 bits per heavy atom. The number of pyridine rings is 1. The first-order chi connectivity index (χ1) is 12.0. The summed E-state index contributed by atoms with van der Waals surface area (Å²) in [5.41, 5.74) is 1.96. The first kappa shape index (κ1) is 16.4. The van der Waals surface area contributed by atoms with E-state index in [-0.39, 0.29) is 23.6 Å². The number of urea groups is 1. The molecule has 1 N–H and O–H groups in total. The number of carbonyl (C=O) groups excluding carboxylic acids is 1. The third-order valence-corrected chi connectivity index (χ3v) is 5.99. The molecule has 0 aromatic carbocycles. The van der Waals surface area contributed by atoms with Crippen LogP contribution in [0.3, 0.4) is 0 Å². The number of amides is 2. The van der Waals surface area contributed by atoms with Gasteiger partial charge in [-0.3, -0.25) is 4.79 Å². The number of nitrogens with zero attached hydrogens (tertiary/aromatic N) is 2. The van der Waals surface area contributed by atoms with Crippen molar-refractivity contribution in [2.75, 3.05) is 13.1 Å². The van der Waals surface area contributed by atoms with Crippen LogP contribution in [-0.4, -0.2) is 34.6 Å². The first-order valence-electron chi connectivity index (χ1n) is 8.86. The van der Waals surface area contributed by atoms with E-state index in [0.717, 1.165) is 29.1 Å². The SMILES string of the molecule is CC(C)NC(=O)N1CC2CC(C1)c1ccc(-c3cccs3)c(=O)n1C2. The highest BCUT2D eigenvalue weighted by atomic mass is 32.1. The number of hydrogen-bond acceptors (Lipinski definition) is 3. The third kappa shape index (κ3) is 2.99. The number of hydrogen-bond donors (Lipinski definition) is 1. The molecule has 1 fully saturated rings. The zero-order chi connectivity index (χ0) is 17.6. The molecule has 2 aromatic heterocycles. The highest BCUT2D eigenvalue weighted by molar-refractivity contribution is 7.13. The van der Waals surface area contributed by atoms with Gasteiger partial charge in [0.2, 0.25) is 0 Å². The van der Waals surface area contributed by atoms with Gasteiger partial charge in [0.05, 0.1) is 5.56 Å². The average molecular weight is 357 g/mol. The van der Waals surface area contributed by atoms with Gasteiger partial charge in [-0.05, 0) is 49.8 Å². The molecule has 6 heteroatoms. The number of piperidine rings is 1. The fourth-order valence-corrected chi connectivity index (χ4v) is 4.81. The maximum absolute atomic E-state index is 13.0. The molecular formula is C19H23N3O2S. The van der Waals surface area contributed by atoms with Crippen LogP contribution in [0.2, 0.25) is 0 Å². The highest BCUT2D eigenvalue weighted by Gasteiger charge is 2.36. The Hall–Kier alpha value is -2.08. The van der Waals surface area contributed by atoms with Crippen molar-refractivity contribution in [2.45, 2.75) is 38.8 Å². The van der Waals surface area contributed by atoms with E-state index < -0.39 is 0 Å². The summed E-state index contributed by atoms with van der Waals surface area (Å²) in [6, 6.07) is 8.15. The monoisotopic (exact) mass is 357 g/mol. The summed E-state index contributed by atoms with van der Waals surface area (Å²) >= 11 is 1.60. The molecule has 5 nitrogen and oxygen atoms in total. The van der Waals surface area contributed by atoms with E-state index in [1.54, 1.807) is 11.3 Å². The second-order valence-electron chi connectivity index (χ2n) is 7.37. The Morgan fingerprint density at radius 2 is 2.08 bits per heavy atom. The highest BCUT2D eigenvalue weighted by Crippen LogP contribution is 2.36. The van der Waals surface area contributed by atoms with E-state index in [9.17, 15) is 9.59 Å². The van der Waals surface area contributed by atoms with Crippen LogP contribution in [0.5, 0.6) is 0 Å². The number of nitrogens with one attached hydrogen (secondary N) is 1. The van der Waals surface area contributed by atoms with Gasteiger partial charge in [-0.15, -0.1) is 11.3 Å². The molecule has 2 amide bonds. The van der Waals surface area contributed by atoms with Gasteiger partial charge in [0, 0.05) is 42.2 Å². The minimum atomic E-state index is 0.00991. The largest absolute Gasteiger partial charge is 0.336 e. The van der Waals surface area contributed by atoms with Crippen LogP contribution in [0.1, 0.15) is 31.9 Å². The van der Waals surface area contributed by atoms with E-state index in [1.165, 1.54) is 0 Å². The molecule has 2 unspecified atom stereocenters. The van der Waals surface area contributed by atoms with Gasteiger partial charge in [0.15, 0.2) is 0 Å².